The molecule has 0 spiro atoms. The molecule has 0 radical (unpaired) electrons. The lowest BCUT2D eigenvalue weighted by Gasteiger charge is -2.25. The third-order valence-corrected chi connectivity index (χ3v) is 4.57. The fraction of sp³-hybridized carbons (Fsp3) is 0.200. The zero-order chi connectivity index (χ0) is 16.5. The van der Waals surface area contributed by atoms with Gasteiger partial charge in [0.1, 0.15) is 0 Å². The Kier molecular flexibility index (Phi) is 4.05. The van der Waals surface area contributed by atoms with Crippen LogP contribution in [0.3, 0.4) is 0 Å². The van der Waals surface area contributed by atoms with Gasteiger partial charge in [-0.15, -0.1) is 0 Å². The van der Waals surface area contributed by atoms with Crippen LogP contribution in [0.4, 0.5) is 5.69 Å². The quantitative estimate of drug-likeness (QED) is 0.670. The molecule has 0 N–H and O–H groups in total. The van der Waals surface area contributed by atoms with Crippen molar-refractivity contribution in [3.8, 4) is 5.69 Å². The molecule has 1 saturated heterocycles. The van der Waals surface area contributed by atoms with Crippen molar-refractivity contribution in [3.05, 3.63) is 83.1 Å². The molecule has 0 saturated carbocycles. The second-order valence-electron chi connectivity index (χ2n) is 6.09. The lowest BCUT2D eigenvalue weighted by Crippen LogP contribution is -2.23. The number of halogens is 1. The van der Waals surface area contributed by atoms with Crippen molar-refractivity contribution in [2.45, 2.75) is 13.2 Å². The molecular formula is C20H19ClN2O. The highest BCUT2D eigenvalue weighted by molar-refractivity contribution is 6.30. The standard InChI is InChI=1S/C20H19ClN2O/c1-15-4-2-7-19(12-15)23-10-11-24-20(23)16-8-9-22(14-16)18-6-3-5-17(21)13-18/h2-9,12-14,20H,10-11H2,1H3/t20-/m0/s1. The van der Waals surface area contributed by atoms with Gasteiger partial charge in [0, 0.05) is 40.9 Å². The van der Waals surface area contributed by atoms with Crippen molar-refractivity contribution in [1.29, 1.82) is 0 Å². The van der Waals surface area contributed by atoms with Gasteiger partial charge in [-0.3, -0.25) is 0 Å². The van der Waals surface area contributed by atoms with Crippen LogP contribution in [0.2, 0.25) is 5.02 Å². The molecule has 3 nitrogen and oxygen atoms in total. The summed E-state index contributed by atoms with van der Waals surface area (Å²) in [5, 5.41) is 0.737. The molecule has 24 heavy (non-hydrogen) atoms. The molecule has 4 heteroatoms. The number of nitrogens with zero attached hydrogens (tertiary/aromatic N) is 2. The summed E-state index contributed by atoms with van der Waals surface area (Å²) in [5.41, 5.74) is 4.66. The van der Waals surface area contributed by atoms with E-state index >= 15 is 0 Å². The van der Waals surface area contributed by atoms with Gasteiger partial charge in [-0.1, -0.05) is 29.8 Å². The van der Waals surface area contributed by atoms with Crippen molar-refractivity contribution < 1.29 is 4.74 Å². The number of aromatic nitrogens is 1. The van der Waals surface area contributed by atoms with E-state index in [1.807, 2.05) is 24.3 Å². The SMILES string of the molecule is Cc1cccc(N2CCO[C@H]2c2ccn(-c3cccc(Cl)c3)c2)c1. The minimum absolute atomic E-state index is 0.0489. The van der Waals surface area contributed by atoms with Crippen LogP contribution in [-0.4, -0.2) is 17.7 Å². The maximum absolute atomic E-state index is 6.10. The van der Waals surface area contributed by atoms with Crippen molar-refractivity contribution in [2.75, 3.05) is 18.1 Å². The zero-order valence-corrected chi connectivity index (χ0v) is 14.3. The first kappa shape index (κ1) is 15.3. The van der Waals surface area contributed by atoms with E-state index in [4.69, 9.17) is 16.3 Å². The molecule has 1 fully saturated rings. The van der Waals surface area contributed by atoms with Crippen LogP contribution in [0.1, 0.15) is 17.4 Å². The molecule has 3 aromatic rings. The number of hydrogen-bond donors (Lipinski definition) is 0. The first-order valence-electron chi connectivity index (χ1n) is 8.09. The second-order valence-corrected chi connectivity index (χ2v) is 6.52. The van der Waals surface area contributed by atoms with Gasteiger partial charge in [0.05, 0.1) is 6.61 Å². The Morgan fingerprint density at radius 3 is 2.71 bits per heavy atom. The third kappa shape index (κ3) is 2.93. The molecule has 0 amide bonds. The Morgan fingerprint density at radius 2 is 1.88 bits per heavy atom. The summed E-state index contributed by atoms with van der Waals surface area (Å²) < 4.78 is 8.09. The van der Waals surface area contributed by atoms with Crippen LogP contribution in [0.15, 0.2) is 67.0 Å². The minimum atomic E-state index is -0.0489. The van der Waals surface area contributed by atoms with Crippen molar-refractivity contribution in [3.63, 3.8) is 0 Å². The maximum atomic E-state index is 6.10. The topological polar surface area (TPSA) is 17.4 Å². The molecule has 0 bridgehead atoms. The summed E-state index contributed by atoms with van der Waals surface area (Å²) in [5.74, 6) is 0. The summed E-state index contributed by atoms with van der Waals surface area (Å²) in [7, 11) is 0. The van der Waals surface area contributed by atoms with E-state index in [0.717, 1.165) is 29.4 Å². The van der Waals surface area contributed by atoms with Gasteiger partial charge in [-0.25, -0.2) is 0 Å². The van der Waals surface area contributed by atoms with E-state index in [1.54, 1.807) is 0 Å². The van der Waals surface area contributed by atoms with Crippen molar-refractivity contribution >= 4 is 17.3 Å². The predicted molar refractivity (Wildman–Crippen MR) is 98.0 cm³/mol. The number of anilines is 1. The van der Waals surface area contributed by atoms with Gasteiger partial charge in [0.25, 0.3) is 0 Å². The van der Waals surface area contributed by atoms with Crippen molar-refractivity contribution in [1.82, 2.24) is 4.57 Å². The number of benzene rings is 2. The van der Waals surface area contributed by atoms with Crippen LogP contribution in [0.25, 0.3) is 5.69 Å². The molecule has 0 unspecified atom stereocenters. The summed E-state index contributed by atoms with van der Waals surface area (Å²) in [6.45, 7) is 3.75. The molecule has 1 aliphatic heterocycles. The van der Waals surface area contributed by atoms with Gasteiger partial charge in [0.2, 0.25) is 0 Å². The van der Waals surface area contributed by atoms with Crippen LogP contribution >= 0.6 is 11.6 Å². The summed E-state index contributed by atoms with van der Waals surface area (Å²) in [4.78, 5) is 2.31. The van der Waals surface area contributed by atoms with E-state index in [9.17, 15) is 0 Å². The molecule has 2 aromatic carbocycles. The fourth-order valence-electron chi connectivity index (χ4n) is 3.17. The summed E-state index contributed by atoms with van der Waals surface area (Å²) >= 11 is 6.10. The molecule has 4 rings (SSSR count). The Morgan fingerprint density at radius 1 is 1.04 bits per heavy atom. The van der Waals surface area contributed by atoms with Crippen LogP contribution < -0.4 is 4.90 Å². The fourth-order valence-corrected chi connectivity index (χ4v) is 3.36. The van der Waals surface area contributed by atoms with E-state index in [0.29, 0.717) is 0 Å². The van der Waals surface area contributed by atoms with Gasteiger partial charge in [-0.2, -0.15) is 0 Å². The van der Waals surface area contributed by atoms with Crippen LogP contribution in [-0.2, 0) is 4.74 Å². The van der Waals surface area contributed by atoms with Gasteiger partial charge >= 0.3 is 0 Å². The Bertz CT molecular complexity index is 858. The Labute approximate surface area is 147 Å². The largest absolute Gasteiger partial charge is 0.352 e. The van der Waals surface area contributed by atoms with Crippen LogP contribution in [0.5, 0.6) is 0 Å². The molecule has 2 heterocycles. The van der Waals surface area contributed by atoms with Gasteiger partial charge in [0.15, 0.2) is 6.23 Å². The Balaban J connectivity index is 1.64. The summed E-state index contributed by atoms with van der Waals surface area (Å²) in [6, 6.07) is 18.5. The van der Waals surface area contributed by atoms with Gasteiger partial charge < -0.3 is 14.2 Å². The highest BCUT2D eigenvalue weighted by Gasteiger charge is 2.27. The molecule has 1 aromatic heterocycles. The molecule has 1 atom stereocenters. The van der Waals surface area contributed by atoms with E-state index in [1.165, 1.54) is 11.3 Å². The molecule has 1 aliphatic rings. The Hall–Kier alpha value is -2.23. The van der Waals surface area contributed by atoms with Gasteiger partial charge in [-0.05, 0) is 48.9 Å². The number of rotatable bonds is 3. The number of hydrogen-bond acceptors (Lipinski definition) is 2. The van der Waals surface area contributed by atoms with Crippen LogP contribution in [0, 0.1) is 6.92 Å². The average Bonchev–Trinajstić information content (AvgIpc) is 3.24. The highest BCUT2D eigenvalue weighted by atomic mass is 35.5. The smallest absolute Gasteiger partial charge is 0.158 e. The first-order chi connectivity index (χ1) is 11.7. The molecule has 0 aliphatic carbocycles. The summed E-state index contributed by atoms with van der Waals surface area (Å²) in [6.07, 6.45) is 4.12. The average molecular weight is 339 g/mol. The first-order valence-corrected chi connectivity index (χ1v) is 8.47. The third-order valence-electron chi connectivity index (χ3n) is 4.33. The van der Waals surface area contributed by atoms with E-state index in [2.05, 4.69) is 59.1 Å². The molecule has 122 valence electrons. The lowest BCUT2D eigenvalue weighted by molar-refractivity contribution is 0.114. The lowest BCUT2D eigenvalue weighted by atomic mass is 10.2. The minimum Gasteiger partial charge on any atom is -0.352 e. The predicted octanol–water partition coefficient (Wildman–Crippen LogP) is 4.97. The zero-order valence-electron chi connectivity index (χ0n) is 13.5. The number of aryl methyl sites for hydroxylation is 1. The monoisotopic (exact) mass is 338 g/mol. The molecular weight excluding hydrogens is 320 g/mol. The van der Waals surface area contributed by atoms with E-state index in [-0.39, 0.29) is 6.23 Å². The van der Waals surface area contributed by atoms with E-state index < -0.39 is 0 Å². The number of ether oxygens (including phenoxy) is 1. The maximum Gasteiger partial charge on any atom is 0.158 e. The highest BCUT2D eigenvalue weighted by Crippen LogP contribution is 2.33. The normalized spacial score (nSPS) is 17.4. The van der Waals surface area contributed by atoms with Crippen molar-refractivity contribution in [2.24, 2.45) is 0 Å². The second kappa shape index (κ2) is 6.34.